The molecule has 4 N–H and O–H groups in total. The van der Waals surface area contributed by atoms with E-state index in [1.54, 1.807) is 6.07 Å². The Balaban J connectivity index is 2.46. The molecule has 0 aliphatic carbocycles. The summed E-state index contributed by atoms with van der Waals surface area (Å²) in [7, 11) is 0. The molecular formula is C15H24N2O2. The van der Waals surface area contributed by atoms with Crippen molar-refractivity contribution >= 4 is 11.6 Å². The molecule has 0 heterocycles. The number of carbonyl (C=O) groups excluding carboxylic acids is 1. The number of aliphatic hydroxyl groups excluding tert-OH is 1. The first kappa shape index (κ1) is 15.7. The van der Waals surface area contributed by atoms with Gasteiger partial charge in [-0.1, -0.05) is 26.0 Å². The summed E-state index contributed by atoms with van der Waals surface area (Å²) in [6.45, 7) is 4.87. The summed E-state index contributed by atoms with van der Waals surface area (Å²) in [5, 5.41) is 11.9. The van der Waals surface area contributed by atoms with Gasteiger partial charge in [-0.15, -0.1) is 0 Å². The van der Waals surface area contributed by atoms with Crippen LogP contribution < -0.4 is 11.1 Å². The number of aliphatic hydroxyl groups is 1. The molecular weight excluding hydrogens is 240 g/mol. The van der Waals surface area contributed by atoms with Crippen LogP contribution in [-0.4, -0.2) is 17.6 Å². The van der Waals surface area contributed by atoms with Crippen LogP contribution in [-0.2, 0) is 11.4 Å². The van der Waals surface area contributed by atoms with Gasteiger partial charge >= 0.3 is 0 Å². The number of rotatable bonds is 7. The van der Waals surface area contributed by atoms with E-state index in [1.807, 2.05) is 18.2 Å². The lowest BCUT2D eigenvalue weighted by Crippen LogP contribution is -2.20. The summed E-state index contributed by atoms with van der Waals surface area (Å²) < 4.78 is 0. The van der Waals surface area contributed by atoms with Crippen molar-refractivity contribution in [1.82, 2.24) is 0 Å². The van der Waals surface area contributed by atoms with Crippen LogP contribution in [0, 0.1) is 5.41 Å². The summed E-state index contributed by atoms with van der Waals surface area (Å²) in [6, 6.07) is 7.24. The van der Waals surface area contributed by atoms with Gasteiger partial charge in [0.15, 0.2) is 0 Å². The number of amides is 1. The Hall–Kier alpha value is -1.39. The fourth-order valence-electron chi connectivity index (χ4n) is 1.94. The van der Waals surface area contributed by atoms with E-state index in [9.17, 15) is 4.79 Å². The maximum atomic E-state index is 11.9. The van der Waals surface area contributed by atoms with Gasteiger partial charge in [0, 0.05) is 12.1 Å². The van der Waals surface area contributed by atoms with Crippen LogP contribution in [0.4, 0.5) is 5.69 Å². The van der Waals surface area contributed by atoms with Crippen molar-refractivity contribution < 1.29 is 9.90 Å². The molecule has 0 bridgehead atoms. The number of hydrogen-bond acceptors (Lipinski definition) is 3. The second-order valence-corrected chi connectivity index (χ2v) is 5.61. The van der Waals surface area contributed by atoms with E-state index in [1.165, 1.54) is 0 Å². The number of hydrogen-bond donors (Lipinski definition) is 3. The molecule has 1 amide bonds. The predicted molar refractivity (Wildman–Crippen MR) is 77.7 cm³/mol. The van der Waals surface area contributed by atoms with Crippen LogP contribution in [0.2, 0.25) is 0 Å². The number of nitrogens with two attached hydrogens (primary N) is 1. The van der Waals surface area contributed by atoms with Crippen LogP contribution in [0.15, 0.2) is 24.3 Å². The maximum Gasteiger partial charge on any atom is 0.224 e. The summed E-state index contributed by atoms with van der Waals surface area (Å²) in [6.07, 6.45) is 2.21. The molecule has 1 aromatic carbocycles. The molecule has 106 valence electrons. The fraction of sp³-hybridized carbons (Fsp3) is 0.533. The molecule has 0 saturated carbocycles. The van der Waals surface area contributed by atoms with Gasteiger partial charge < -0.3 is 16.2 Å². The molecule has 0 spiro atoms. The lowest BCUT2D eigenvalue weighted by Gasteiger charge is -2.23. The van der Waals surface area contributed by atoms with Crippen LogP contribution in [0.3, 0.4) is 0 Å². The Morgan fingerprint density at radius 3 is 2.74 bits per heavy atom. The highest BCUT2D eigenvalue weighted by Crippen LogP contribution is 2.26. The van der Waals surface area contributed by atoms with Crippen LogP contribution in [0.1, 0.15) is 38.7 Å². The van der Waals surface area contributed by atoms with E-state index < -0.39 is 0 Å². The molecule has 1 aromatic rings. The summed E-state index contributed by atoms with van der Waals surface area (Å²) >= 11 is 0. The van der Waals surface area contributed by atoms with Crippen molar-refractivity contribution in [2.75, 3.05) is 11.9 Å². The van der Waals surface area contributed by atoms with Crippen molar-refractivity contribution in [3.63, 3.8) is 0 Å². The third-order valence-corrected chi connectivity index (χ3v) is 3.24. The van der Waals surface area contributed by atoms with Crippen molar-refractivity contribution in [3.8, 4) is 0 Å². The largest absolute Gasteiger partial charge is 0.392 e. The Morgan fingerprint density at radius 2 is 2.11 bits per heavy atom. The highest BCUT2D eigenvalue weighted by atomic mass is 16.3. The third-order valence-electron chi connectivity index (χ3n) is 3.24. The Morgan fingerprint density at radius 1 is 1.37 bits per heavy atom. The Bertz CT molecular complexity index is 416. The zero-order valence-corrected chi connectivity index (χ0v) is 11.8. The van der Waals surface area contributed by atoms with E-state index in [0.29, 0.717) is 13.0 Å². The van der Waals surface area contributed by atoms with Gasteiger partial charge in [0.25, 0.3) is 0 Å². The minimum atomic E-state index is -0.0206. The minimum Gasteiger partial charge on any atom is -0.392 e. The molecule has 4 heteroatoms. The lowest BCUT2D eigenvalue weighted by atomic mass is 9.84. The van der Waals surface area contributed by atoms with Crippen molar-refractivity contribution in [3.05, 3.63) is 29.8 Å². The molecule has 0 aliphatic rings. The smallest absolute Gasteiger partial charge is 0.224 e. The number of carbonyl (C=O) groups is 1. The van der Waals surface area contributed by atoms with Gasteiger partial charge in [-0.25, -0.2) is 0 Å². The topological polar surface area (TPSA) is 75.4 Å². The van der Waals surface area contributed by atoms with E-state index in [4.69, 9.17) is 10.8 Å². The molecule has 0 unspecified atom stereocenters. The van der Waals surface area contributed by atoms with Gasteiger partial charge in [0.05, 0.1) is 6.61 Å². The number of anilines is 1. The van der Waals surface area contributed by atoms with Gasteiger partial charge in [-0.05, 0) is 42.5 Å². The average molecular weight is 264 g/mol. The zero-order valence-electron chi connectivity index (χ0n) is 11.8. The molecule has 0 aromatic heterocycles. The third kappa shape index (κ3) is 5.85. The molecule has 1 rings (SSSR count). The van der Waals surface area contributed by atoms with Crippen LogP contribution >= 0.6 is 0 Å². The molecule has 19 heavy (non-hydrogen) atoms. The SMILES string of the molecule is CC(C)(CCN)CCC(=O)Nc1cccc(CO)c1. The van der Waals surface area contributed by atoms with Gasteiger partial charge in [-0.2, -0.15) is 0 Å². The summed E-state index contributed by atoms with van der Waals surface area (Å²) in [5.74, 6) is 0.000172. The first-order chi connectivity index (χ1) is 8.96. The quantitative estimate of drug-likeness (QED) is 0.707. The summed E-state index contributed by atoms with van der Waals surface area (Å²) in [5.41, 5.74) is 7.17. The number of nitrogens with one attached hydrogen (secondary N) is 1. The fourth-order valence-corrected chi connectivity index (χ4v) is 1.94. The summed E-state index contributed by atoms with van der Waals surface area (Å²) in [4.78, 5) is 11.9. The Labute approximate surface area is 115 Å². The Kier molecular flexibility index (Phi) is 5.99. The lowest BCUT2D eigenvalue weighted by molar-refractivity contribution is -0.116. The van der Waals surface area contributed by atoms with Crippen molar-refractivity contribution in [1.29, 1.82) is 0 Å². The molecule has 0 fully saturated rings. The minimum absolute atomic E-state index is 0.000172. The van der Waals surface area contributed by atoms with Crippen LogP contribution in [0.5, 0.6) is 0 Å². The molecule has 0 aliphatic heterocycles. The van der Waals surface area contributed by atoms with Gasteiger partial charge in [0.1, 0.15) is 0 Å². The number of benzene rings is 1. The second kappa shape index (κ2) is 7.26. The highest BCUT2D eigenvalue weighted by molar-refractivity contribution is 5.90. The first-order valence-electron chi connectivity index (χ1n) is 6.66. The zero-order chi connectivity index (χ0) is 14.3. The van der Waals surface area contributed by atoms with Crippen molar-refractivity contribution in [2.45, 2.75) is 39.7 Å². The monoisotopic (exact) mass is 264 g/mol. The molecule has 0 radical (unpaired) electrons. The van der Waals surface area contributed by atoms with E-state index in [-0.39, 0.29) is 17.9 Å². The van der Waals surface area contributed by atoms with E-state index in [0.717, 1.165) is 24.1 Å². The first-order valence-corrected chi connectivity index (χ1v) is 6.66. The van der Waals surface area contributed by atoms with Gasteiger partial charge in [0.2, 0.25) is 5.91 Å². The second-order valence-electron chi connectivity index (χ2n) is 5.61. The predicted octanol–water partition coefficient (Wildman–Crippen LogP) is 2.27. The molecule has 0 saturated heterocycles. The average Bonchev–Trinajstić information content (AvgIpc) is 2.37. The molecule has 4 nitrogen and oxygen atoms in total. The van der Waals surface area contributed by atoms with Crippen LogP contribution in [0.25, 0.3) is 0 Å². The van der Waals surface area contributed by atoms with Gasteiger partial charge in [-0.3, -0.25) is 4.79 Å². The normalized spacial score (nSPS) is 11.4. The standard InChI is InChI=1S/C15H24N2O2/c1-15(2,8-9-16)7-6-14(19)17-13-5-3-4-12(10-13)11-18/h3-5,10,18H,6-9,11,16H2,1-2H3,(H,17,19). The molecule has 0 atom stereocenters. The van der Waals surface area contributed by atoms with E-state index in [2.05, 4.69) is 19.2 Å². The highest BCUT2D eigenvalue weighted by Gasteiger charge is 2.18. The van der Waals surface area contributed by atoms with E-state index >= 15 is 0 Å². The van der Waals surface area contributed by atoms with Crippen molar-refractivity contribution in [2.24, 2.45) is 11.1 Å². The maximum absolute atomic E-state index is 11.9.